The molecule has 1 heterocycles. The van der Waals surface area contributed by atoms with E-state index in [0.29, 0.717) is 6.54 Å². The molecule has 1 aromatic heterocycles. The monoisotopic (exact) mass is 233 g/mol. The van der Waals surface area contributed by atoms with Gasteiger partial charge in [0.15, 0.2) is 0 Å². The molecule has 0 aliphatic carbocycles. The second-order valence-corrected chi connectivity index (χ2v) is 4.71. The fourth-order valence-corrected chi connectivity index (χ4v) is 2.70. The Morgan fingerprint density at radius 2 is 1.94 bits per heavy atom. The summed E-state index contributed by atoms with van der Waals surface area (Å²) < 4.78 is 5.15. The number of rotatable bonds is 3. The zero-order chi connectivity index (χ0) is 11.5. The van der Waals surface area contributed by atoms with Crippen molar-refractivity contribution in [2.45, 2.75) is 13.5 Å². The molecule has 0 unspecified atom stereocenters. The lowest BCUT2D eigenvalue weighted by molar-refractivity contribution is 0.415. The lowest BCUT2D eigenvalue weighted by Gasteiger charge is -2.06. The zero-order valence-corrected chi connectivity index (χ0v) is 10.3. The van der Waals surface area contributed by atoms with Crippen LogP contribution in [-0.4, -0.2) is 7.11 Å². The summed E-state index contributed by atoms with van der Waals surface area (Å²) >= 11 is 1.75. The van der Waals surface area contributed by atoms with Crippen molar-refractivity contribution < 1.29 is 4.74 Å². The molecule has 16 heavy (non-hydrogen) atoms. The molecule has 0 atom stereocenters. The van der Waals surface area contributed by atoms with Crippen LogP contribution in [0.3, 0.4) is 0 Å². The number of hydrogen-bond donors (Lipinski definition) is 1. The van der Waals surface area contributed by atoms with Crippen LogP contribution in [-0.2, 0) is 6.54 Å². The summed E-state index contributed by atoms with van der Waals surface area (Å²) in [7, 11) is 1.68. The van der Waals surface area contributed by atoms with Gasteiger partial charge in [0.1, 0.15) is 5.75 Å². The first-order valence-corrected chi connectivity index (χ1v) is 6.05. The van der Waals surface area contributed by atoms with Crippen molar-refractivity contribution >= 4 is 11.3 Å². The Kier molecular flexibility index (Phi) is 3.27. The fourth-order valence-electron chi connectivity index (χ4n) is 1.80. The molecule has 0 saturated carbocycles. The average molecular weight is 233 g/mol. The number of benzene rings is 1. The topological polar surface area (TPSA) is 35.2 Å². The molecule has 2 N–H and O–H groups in total. The van der Waals surface area contributed by atoms with Crippen molar-refractivity contribution in [3.05, 3.63) is 40.1 Å². The van der Waals surface area contributed by atoms with Crippen LogP contribution in [0.25, 0.3) is 11.1 Å². The van der Waals surface area contributed by atoms with Crippen LogP contribution in [0.2, 0.25) is 0 Å². The number of methoxy groups -OCH3 is 1. The van der Waals surface area contributed by atoms with E-state index in [4.69, 9.17) is 10.5 Å². The molecule has 0 amide bonds. The smallest absolute Gasteiger partial charge is 0.118 e. The highest BCUT2D eigenvalue weighted by atomic mass is 32.1. The summed E-state index contributed by atoms with van der Waals surface area (Å²) in [4.78, 5) is 1.31. The van der Waals surface area contributed by atoms with Crippen molar-refractivity contribution in [2.75, 3.05) is 7.11 Å². The first kappa shape index (κ1) is 11.2. The Bertz CT molecular complexity index is 473. The largest absolute Gasteiger partial charge is 0.497 e. The highest BCUT2D eigenvalue weighted by Gasteiger charge is 2.09. The molecule has 0 bridgehead atoms. The Labute approximate surface area is 99.7 Å². The predicted molar refractivity (Wildman–Crippen MR) is 68.9 cm³/mol. The van der Waals surface area contributed by atoms with Crippen LogP contribution in [0.5, 0.6) is 5.75 Å². The van der Waals surface area contributed by atoms with Crippen molar-refractivity contribution in [1.82, 2.24) is 0 Å². The minimum atomic E-state index is 0.589. The third-order valence-electron chi connectivity index (χ3n) is 2.65. The quantitative estimate of drug-likeness (QED) is 0.883. The van der Waals surface area contributed by atoms with Gasteiger partial charge in [0.2, 0.25) is 0 Å². The van der Waals surface area contributed by atoms with E-state index in [-0.39, 0.29) is 0 Å². The van der Waals surface area contributed by atoms with Gasteiger partial charge >= 0.3 is 0 Å². The van der Waals surface area contributed by atoms with Gasteiger partial charge < -0.3 is 10.5 Å². The Morgan fingerprint density at radius 1 is 1.25 bits per heavy atom. The maximum atomic E-state index is 5.74. The van der Waals surface area contributed by atoms with Gasteiger partial charge in [-0.3, -0.25) is 0 Å². The Morgan fingerprint density at radius 3 is 2.50 bits per heavy atom. The van der Waals surface area contributed by atoms with E-state index in [2.05, 4.69) is 24.4 Å². The van der Waals surface area contributed by atoms with Gasteiger partial charge in [-0.2, -0.15) is 0 Å². The van der Waals surface area contributed by atoms with E-state index in [9.17, 15) is 0 Å². The molecule has 0 radical (unpaired) electrons. The highest BCUT2D eigenvalue weighted by Crippen LogP contribution is 2.32. The number of ether oxygens (including phenoxy) is 1. The normalized spacial score (nSPS) is 10.4. The Balaban J connectivity index is 2.45. The number of aryl methyl sites for hydroxylation is 1. The molecule has 84 valence electrons. The van der Waals surface area contributed by atoms with Gasteiger partial charge in [-0.15, -0.1) is 11.3 Å². The summed E-state index contributed by atoms with van der Waals surface area (Å²) in [5, 5.41) is 2.13. The van der Waals surface area contributed by atoms with E-state index < -0.39 is 0 Å². The predicted octanol–water partition coefficient (Wildman–Crippen LogP) is 3.19. The average Bonchev–Trinajstić information content (AvgIpc) is 2.70. The molecule has 0 aliphatic rings. The van der Waals surface area contributed by atoms with Crippen molar-refractivity contribution in [2.24, 2.45) is 5.73 Å². The Hall–Kier alpha value is -1.32. The third kappa shape index (κ3) is 1.96. The number of hydrogen-bond acceptors (Lipinski definition) is 3. The molecule has 0 fully saturated rings. The molecule has 2 aromatic rings. The molecule has 3 heteroatoms. The lowest BCUT2D eigenvalue weighted by atomic mass is 10.0. The maximum absolute atomic E-state index is 5.74. The number of nitrogens with two attached hydrogens (primary N) is 1. The summed E-state index contributed by atoms with van der Waals surface area (Å²) in [6.45, 7) is 2.72. The summed E-state index contributed by atoms with van der Waals surface area (Å²) in [6, 6.07) is 8.11. The van der Waals surface area contributed by atoms with Gasteiger partial charge in [-0.05, 0) is 41.1 Å². The van der Waals surface area contributed by atoms with Crippen molar-refractivity contribution in [3.63, 3.8) is 0 Å². The van der Waals surface area contributed by atoms with Crippen molar-refractivity contribution in [1.29, 1.82) is 0 Å². The summed E-state index contributed by atoms with van der Waals surface area (Å²) in [5.41, 5.74) is 9.44. The molecule has 0 saturated heterocycles. The van der Waals surface area contributed by atoms with Gasteiger partial charge in [0.25, 0.3) is 0 Å². The minimum absolute atomic E-state index is 0.589. The second kappa shape index (κ2) is 4.68. The van der Waals surface area contributed by atoms with E-state index in [1.165, 1.54) is 21.6 Å². The maximum Gasteiger partial charge on any atom is 0.118 e. The van der Waals surface area contributed by atoms with E-state index in [0.717, 1.165) is 5.75 Å². The molecule has 1 aromatic carbocycles. The van der Waals surface area contributed by atoms with Gasteiger partial charge in [-0.1, -0.05) is 12.1 Å². The van der Waals surface area contributed by atoms with E-state index >= 15 is 0 Å². The van der Waals surface area contributed by atoms with Gasteiger partial charge in [0, 0.05) is 11.4 Å². The van der Waals surface area contributed by atoms with Crippen LogP contribution in [0.4, 0.5) is 0 Å². The van der Waals surface area contributed by atoms with Crippen LogP contribution >= 0.6 is 11.3 Å². The molecule has 2 rings (SSSR count). The van der Waals surface area contributed by atoms with Gasteiger partial charge in [-0.25, -0.2) is 0 Å². The second-order valence-electron chi connectivity index (χ2n) is 3.62. The lowest BCUT2D eigenvalue weighted by Crippen LogP contribution is -1.96. The number of thiophene rings is 1. The van der Waals surface area contributed by atoms with Crippen LogP contribution in [0, 0.1) is 6.92 Å². The summed E-state index contributed by atoms with van der Waals surface area (Å²) in [6.07, 6.45) is 0. The fraction of sp³-hybridized carbons (Fsp3) is 0.231. The molecule has 0 spiro atoms. The summed E-state index contributed by atoms with van der Waals surface area (Å²) in [5.74, 6) is 0.880. The standard InChI is InChI=1S/C13H15NOS/c1-9-13(11(7-14)8-16-9)10-3-5-12(15-2)6-4-10/h3-6,8H,7,14H2,1-2H3. The minimum Gasteiger partial charge on any atom is -0.497 e. The first-order chi connectivity index (χ1) is 7.76. The molecular formula is C13H15NOS. The van der Waals surface area contributed by atoms with Gasteiger partial charge in [0.05, 0.1) is 7.11 Å². The SMILES string of the molecule is COc1ccc(-c2c(CN)csc2C)cc1. The van der Waals surface area contributed by atoms with Crippen molar-refractivity contribution in [3.8, 4) is 16.9 Å². The molecular weight excluding hydrogens is 218 g/mol. The first-order valence-electron chi connectivity index (χ1n) is 5.17. The van der Waals surface area contributed by atoms with Crippen LogP contribution in [0.1, 0.15) is 10.4 Å². The van der Waals surface area contributed by atoms with Crippen LogP contribution in [0.15, 0.2) is 29.6 Å². The zero-order valence-electron chi connectivity index (χ0n) is 9.49. The van der Waals surface area contributed by atoms with E-state index in [1.807, 2.05) is 12.1 Å². The third-order valence-corrected chi connectivity index (χ3v) is 3.61. The van der Waals surface area contributed by atoms with E-state index in [1.54, 1.807) is 18.4 Å². The molecule has 2 nitrogen and oxygen atoms in total. The highest BCUT2D eigenvalue weighted by molar-refractivity contribution is 7.10. The van der Waals surface area contributed by atoms with Crippen LogP contribution < -0.4 is 10.5 Å². The molecule has 0 aliphatic heterocycles.